The summed E-state index contributed by atoms with van der Waals surface area (Å²) in [7, 11) is 0. The van der Waals surface area contributed by atoms with Crippen LogP contribution in [0.25, 0.3) is 6.08 Å². The Labute approximate surface area is 189 Å². The van der Waals surface area contributed by atoms with Crippen LogP contribution in [-0.4, -0.2) is 22.8 Å². The SMILES string of the molecule is O=C1S/C(=C/c2ccc(OCc3ccc4c(c3)OCO4)cc2)C(=O)N1Cc1ccccc1. The predicted molar refractivity (Wildman–Crippen MR) is 121 cm³/mol. The van der Waals surface area contributed by atoms with Gasteiger partial charge in [0.1, 0.15) is 12.4 Å². The van der Waals surface area contributed by atoms with E-state index < -0.39 is 0 Å². The van der Waals surface area contributed by atoms with Gasteiger partial charge in [-0.15, -0.1) is 0 Å². The molecule has 160 valence electrons. The molecule has 5 rings (SSSR count). The number of carbonyl (C=O) groups is 2. The van der Waals surface area contributed by atoms with E-state index in [2.05, 4.69) is 0 Å². The smallest absolute Gasteiger partial charge is 0.293 e. The van der Waals surface area contributed by atoms with E-state index in [0.29, 0.717) is 17.3 Å². The lowest BCUT2D eigenvalue weighted by Crippen LogP contribution is -2.27. The van der Waals surface area contributed by atoms with E-state index in [1.807, 2.05) is 72.8 Å². The Morgan fingerprint density at radius 3 is 2.50 bits per heavy atom. The van der Waals surface area contributed by atoms with Crippen molar-refractivity contribution in [1.82, 2.24) is 4.90 Å². The number of imide groups is 1. The first-order valence-electron chi connectivity index (χ1n) is 10.1. The van der Waals surface area contributed by atoms with E-state index in [-0.39, 0.29) is 24.5 Å². The highest BCUT2D eigenvalue weighted by Crippen LogP contribution is 2.34. The minimum atomic E-state index is -0.271. The van der Waals surface area contributed by atoms with Gasteiger partial charge in [0.25, 0.3) is 11.1 Å². The van der Waals surface area contributed by atoms with E-state index in [1.165, 1.54) is 4.90 Å². The van der Waals surface area contributed by atoms with Gasteiger partial charge in [0, 0.05) is 0 Å². The maximum absolute atomic E-state index is 12.7. The predicted octanol–water partition coefficient (Wildman–Crippen LogP) is 5.23. The van der Waals surface area contributed by atoms with Crippen LogP contribution in [0.15, 0.2) is 77.7 Å². The van der Waals surface area contributed by atoms with Crippen molar-refractivity contribution < 1.29 is 23.8 Å². The fraction of sp³-hybridized carbons (Fsp3) is 0.120. The van der Waals surface area contributed by atoms with E-state index >= 15 is 0 Å². The number of carbonyl (C=O) groups excluding carboxylic acids is 2. The summed E-state index contributed by atoms with van der Waals surface area (Å²) >= 11 is 0.963. The van der Waals surface area contributed by atoms with Crippen LogP contribution in [0.3, 0.4) is 0 Å². The van der Waals surface area contributed by atoms with Gasteiger partial charge in [0.05, 0.1) is 11.4 Å². The lowest BCUT2D eigenvalue weighted by atomic mass is 10.2. The van der Waals surface area contributed by atoms with E-state index in [9.17, 15) is 9.59 Å². The lowest BCUT2D eigenvalue weighted by molar-refractivity contribution is -0.123. The van der Waals surface area contributed by atoms with Crippen LogP contribution in [0, 0.1) is 0 Å². The molecule has 2 amide bonds. The molecule has 0 atom stereocenters. The molecule has 0 saturated carbocycles. The standard InChI is InChI=1S/C25H19NO5S/c27-24-23(32-25(28)26(24)14-18-4-2-1-3-5-18)13-17-6-9-20(10-7-17)29-15-19-8-11-21-22(12-19)31-16-30-21/h1-13H,14-16H2/b23-13+. The normalized spacial score (nSPS) is 16.1. The first-order valence-corrected chi connectivity index (χ1v) is 10.9. The summed E-state index contributed by atoms with van der Waals surface area (Å²) in [5.74, 6) is 1.90. The Morgan fingerprint density at radius 1 is 0.906 bits per heavy atom. The molecule has 0 bridgehead atoms. The summed E-state index contributed by atoms with van der Waals surface area (Å²) in [5, 5.41) is -0.256. The quantitative estimate of drug-likeness (QED) is 0.484. The third kappa shape index (κ3) is 4.33. The molecule has 0 spiro atoms. The molecule has 2 aliphatic rings. The number of rotatable bonds is 6. The van der Waals surface area contributed by atoms with Gasteiger partial charge in [-0.05, 0) is 58.8 Å². The van der Waals surface area contributed by atoms with Gasteiger partial charge >= 0.3 is 0 Å². The van der Waals surface area contributed by atoms with Crippen molar-refractivity contribution in [3.05, 3.63) is 94.4 Å². The number of hydrogen-bond acceptors (Lipinski definition) is 6. The van der Waals surface area contributed by atoms with Crippen LogP contribution < -0.4 is 14.2 Å². The Hall–Kier alpha value is -3.71. The molecule has 3 aromatic rings. The molecule has 1 fully saturated rings. The maximum atomic E-state index is 12.7. The number of amides is 2. The first kappa shape index (κ1) is 20.2. The fourth-order valence-electron chi connectivity index (χ4n) is 3.41. The van der Waals surface area contributed by atoms with Crippen LogP contribution in [0.1, 0.15) is 16.7 Å². The highest BCUT2D eigenvalue weighted by Gasteiger charge is 2.34. The molecule has 1 saturated heterocycles. The zero-order valence-corrected chi connectivity index (χ0v) is 17.8. The third-order valence-electron chi connectivity index (χ3n) is 5.08. The van der Waals surface area contributed by atoms with Crippen molar-refractivity contribution in [3.63, 3.8) is 0 Å². The maximum Gasteiger partial charge on any atom is 0.293 e. The summed E-state index contributed by atoms with van der Waals surface area (Å²) in [6.07, 6.45) is 1.73. The molecule has 32 heavy (non-hydrogen) atoms. The molecule has 7 heteroatoms. The molecule has 2 aliphatic heterocycles. The molecule has 0 aliphatic carbocycles. The number of thioether (sulfide) groups is 1. The summed E-state index contributed by atoms with van der Waals surface area (Å²) in [6.45, 7) is 0.914. The van der Waals surface area contributed by atoms with Crippen molar-refractivity contribution in [3.8, 4) is 17.2 Å². The highest BCUT2D eigenvalue weighted by atomic mass is 32.2. The van der Waals surface area contributed by atoms with Gasteiger partial charge in [-0.25, -0.2) is 0 Å². The number of benzene rings is 3. The highest BCUT2D eigenvalue weighted by molar-refractivity contribution is 8.18. The minimum absolute atomic E-state index is 0.243. The second-order valence-electron chi connectivity index (χ2n) is 7.30. The number of hydrogen-bond donors (Lipinski definition) is 0. The van der Waals surface area contributed by atoms with Crippen molar-refractivity contribution in [1.29, 1.82) is 0 Å². The van der Waals surface area contributed by atoms with Gasteiger partial charge in [0.2, 0.25) is 6.79 Å². The summed E-state index contributed by atoms with van der Waals surface area (Å²) < 4.78 is 16.5. The average Bonchev–Trinajstić information content (AvgIpc) is 3.39. The molecule has 0 aromatic heterocycles. The van der Waals surface area contributed by atoms with E-state index in [1.54, 1.807) is 6.08 Å². The molecule has 0 radical (unpaired) electrons. The van der Waals surface area contributed by atoms with Gasteiger partial charge in [0.15, 0.2) is 11.5 Å². The Morgan fingerprint density at radius 2 is 1.69 bits per heavy atom. The third-order valence-corrected chi connectivity index (χ3v) is 5.98. The Balaban J connectivity index is 1.22. The van der Waals surface area contributed by atoms with Crippen LogP contribution in [0.4, 0.5) is 4.79 Å². The van der Waals surface area contributed by atoms with Crippen LogP contribution in [-0.2, 0) is 17.9 Å². The average molecular weight is 445 g/mol. The second kappa shape index (κ2) is 8.80. The van der Waals surface area contributed by atoms with Crippen LogP contribution in [0.2, 0.25) is 0 Å². The van der Waals surface area contributed by atoms with Gasteiger partial charge in [-0.3, -0.25) is 14.5 Å². The summed E-state index contributed by atoms with van der Waals surface area (Å²) in [4.78, 5) is 26.7. The van der Waals surface area contributed by atoms with Gasteiger partial charge < -0.3 is 14.2 Å². The largest absolute Gasteiger partial charge is 0.489 e. The Kier molecular flexibility index (Phi) is 5.56. The summed E-state index contributed by atoms with van der Waals surface area (Å²) in [5.41, 5.74) is 2.72. The van der Waals surface area contributed by atoms with Gasteiger partial charge in [-0.2, -0.15) is 0 Å². The van der Waals surface area contributed by atoms with Crippen LogP contribution >= 0.6 is 11.8 Å². The van der Waals surface area contributed by atoms with Crippen molar-refractivity contribution in [2.45, 2.75) is 13.2 Å². The minimum Gasteiger partial charge on any atom is -0.489 e. The number of fused-ring (bicyclic) bond motifs is 1. The number of ether oxygens (including phenoxy) is 3. The van der Waals surface area contributed by atoms with Crippen molar-refractivity contribution >= 4 is 29.0 Å². The topological polar surface area (TPSA) is 65.1 Å². The molecular weight excluding hydrogens is 426 g/mol. The summed E-state index contributed by atoms with van der Waals surface area (Å²) in [6, 6.07) is 22.6. The fourth-order valence-corrected chi connectivity index (χ4v) is 4.25. The first-order chi connectivity index (χ1) is 15.7. The zero-order valence-electron chi connectivity index (χ0n) is 17.0. The molecule has 3 aromatic carbocycles. The second-order valence-corrected chi connectivity index (χ2v) is 8.29. The molecule has 6 nitrogen and oxygen atoms in total. The number of nitrogens with zero attached hydrogens (tertiary/aromatic N) is 1. The molecule has 0 N–H and O–H groups in total. The molecular formula is C25H19NO5S. The van der Waals surface area contributed by atoms with Crippen molar-refractivity contribution in [2.24, 2.45) is 0 Å². The Bertz CT molecular complexity index is 1190. The zero-order chi connectivity index (χ0) is 21.9. The van der Waals surface area contributed by atoms with E-state index in [0.717, 1.165) is 40.0 Å². The monoisotopic (exact) mass is 445 g/mol. The van der Waals surface area contributed by atoms with Gasteiger partial charge in [-0.1, -0.05) is 48.5 Å². The van der Waals surface area contributed by atoms with E-state index in [4.69, 9.17) is 14.2 Å². The molecule has 0 unspecified atom stereocenters. The molecule has 2 heterocycles. The lowest BCUT2D eigenvalue weighted by Gasteiger charge is -2.12. The van der Waals surface area contributed by atoms with Crippen LogP contribution in [0.5, 0.6) is 17.2 Å². The van der Waals surface area contributed by atoms with Crippen molar-refractivity contribution in [2.75, 3.05) is 6.79 Å².